The summed E-state index contributed by atoms with van der Waals surface area (Å²) in [6.45, 7) is 1.65. The van der Waals surface area contributed by atoms with Gasteiger partial charge in [0.2, 0.25) is 0 Å². The fraction of sp³-hybridized carbons (Fsp3) is 0.579. The summed E-state index contributed by atoms with van der Waals surface area (Å²) in [6.07, 6.45) is 3.48. The molecule has 1 atom stereocenters. The van der Waals surface area contributed by atoms with Crippen LogP contribution in [0.25, 0.3) is 0 Å². The quantitative estimate of drug-likeness (QED) is 0.567. The van der Waals surface area contributed by atoms with Crippen molar-refractivity contribution in [1.29, 1.82) is 0 Å². The van der Waals surface area contributed by atoms with E-state index in [0.717, 1.165) is 37.8 Å². The Morgan fingerprint density at radius 2 is 1.81 bits per heavy atom. The third-order valence-corrected chi connectivity index (χ3v) is 5.00. The van der Waals surface area contributed by atoms with E-state index in [-0.39, 0.29) is 43.5 Å². The molecule has 0 spiro atoms. The van der Waals surface area contributed by atoms with Gasteiger partial charge < -0.3 is 14.2 Å². The lowest BCUT2D eigenvalue weighted by atomic mass is 9.80. The van der Waals surface area contributed by atoms with E-state index in [2.05, 4.69) is 0 Å². The van der Waals surface area contributed by atoms with Gasteiger partial charge in [-0.05, 0) is 19.8 Å². The number of cyclic esters (lactones) is 1. The second-order valence-corrected chi connectivity index (χ2v) is 6.85. The van der Waals surface area contributed by atoms with Crippen LogP contribution in [0, 0.1) is 17.6 Å². The smallest absolute Gasteiger partial charge is 0.314 e. The van der Waals surface area contributed by atoms with E-state index in [0.29, 0.717) is 0 Å². The Balaban J connectivity index is 1.80. The number of carbonyl (C=O) groups is 2. The highest BCUT2D eigenvalue weighted by molar-refractivity contribution is 5.98. The normalized spacial score (nSPS) is 23.8. The molecule has 1 aromatic rings. The highest BCUT2D eigenvalue weighted by Crippen LogP contribution is 2.41. The molecule has 5 nitrogen and oxygen atoms in total. The number of esters is 1. The van der Waals surface area contributed by atoms with E-state index >= 15 is 0 Å². The zero-order valence-electron chi connectivity index (χ0n) is 14.7. The van der Waals surface area contributed by atoms with Gasteiger partial charge >= 0.3 is 5.97 Å². The molecule has 1 aromatic carbocycles. The lowest BCUT2D eigenvalue weighted by Crippen LogP contribution is -2.51. The fourth-order valence-electron chi connectivity index (χ4n) is 3.84. The average molecular weight is 368 g/mol. The minimum absolute atomic E-state index is 0.00749. The van der Waals surface area contributed by atoms with Crippen LogP contribution in [-0.2, 0) is 14.3 Å². The Morgan fingerprint density at radius 3 is 2.38 bits per heavy atom. The van der Waals surface area contributed by atoms with E-state index in [1.54, 1.807) is 6.92 Å². The molecule has 1 unspecified atom stereocenters. The molecule has 2 aliphatic rings. The molecule has 0 bridgehead atoms. The van der Waals surface area contributed by atoms with Gasteiger partial charge in [-0.2, -0.15) is 0 Å². The van der Waals surface area contributed by atoms with Crippen molar-refractivity contribution in [2.45, 2.75) is 51.0 Å². The molecule has 0 aromatic heterocycles. The van der Waals surface area contributed by atoms with Crippen LogP contribution >= 0.6 is 0 Å². The summed E-state index contributed by atoms with van der Waals surface area (Å²) < 4.78 is 44.1. The minimum atomic E-state index is -1.06. The van der Waals surface area contributed by atoms with Gasteiger partial charge in [-0.25, -0.2) is 8.78 Å². The summed E-state index contributed by atoms with van der Waals surface area (Å²) >= 11 is 0. The van der Waals surface area contributed by atoms with Gasteiger partial charge in [0.1, 0.15) is 24.6 Å². The first-order valence-corrected chi connectivity index (χ1v) is 8.91. The van der Waals surface area contributed by atoms with Gasteiger partial charge in [0, 0.05) is 18.1 Å². The fourth-order valence-corrected chi connectivity index (χ4v) is 3.84. The van der Waals surface area contributed by atoms with Gasteiger partial charge in [0.05, 0.1) is 13.0 Å². The molecular weight excluding hydrogens is 346 g/mol. The Hall–Kier alpha value is -2.18. The molecular formula is C19H22F2O5. The van der Waals surface area contributed by atoms with Crippen molar-refractivity contribution >= 4 is 11.8 Å². The third kappa shape index (κ3) is 3.81. The van der Waals surface area contributed by atoms with Crippen LogP contribution < -0.4 is 9.47 Å². The maximum Gasteiger partial charge on any atom is 0.314 e. The maximum absolute atomic E-state index is 14.0. The molecule has 1 saturated heterocycles. The average Bonchev–Trinajstić information content (AvgIpc) is 3.11. The van der Waals surface area contributed by atoms with Crippen molar-refractivity contribution in [2.75, 3.05) is 13.2 Å². The van der Waals surface area contributed by atoms with E-state index in [9.17, 15) is 18.4 Å². The van der Waals surface area contributed by atoms with Crippen LogP contribution in [0.4, 0.5) is 8.78 Å². The van der Waals surface area contributed by atoms with Gasteiger partial charge in [-0.1, -0.05) is 12.8 Å². The molecule has 0 amide bonds. The highest BCUT2D eigenvalue weighted by Gasteiger charge is 2.49. The third-order valence-electron chi connectivity index (χ3n) is 5.00. The Labute approximate surface area is 150 Å². The van der Waals surface area contributed by atoms with Gasteiger partial charge in [-0.15, -0.1) is 0 Å². The van der Waals surface area contributed by atoms with Crippen LogP contribution in [0.5, 0.6) is 11.5 Å². The van der Waals surface area contributed by atoms with Gasteiger partial charge in [0.15, 0.2) is 23.0 Å². The second-order valence-electron chi connectivity index (χ2n) is 6.85. The number of benzene rings is 1. The zero-order chi connectivity index (χ0) is 18.7. The van der Waals surface area contributed by atoms with E-state index in [1.165, 1.54) is 0 Å². The Bertz CT molecular complexity index is 658. The first-order valence-electron chi connectivity index (χ1n) is 8.91. The summed E-state index contributed by atoms with van der Waals surface area (Å²) in [6, 6.07) is 2.06. The van der Waals surface area contributed by atoms with E-state index in [1.807, 2.05) is 0 Å². The van der Waals surface area contributed by atoms with Gasteiger partial charge in [0.25, 0.3) is 0 Å². The number of hydrogen-bond acceptors (Lipinski definition) is 5. The summed E-state index contributed by atoms with van der Waals surface area (Å²) in [4.78, 5) is 23.8. The number of halogens is 2. The largest absolute Gasteiger partial charge is 0.489 e. The monoisotopic (exact) mass is 368 g/mol. The first-order chi connectivity index (χ1) is 12.4. The van der Waals surface area contributed by atoms with Crippen LogP contribution in [0.1, 0.15) is 45.4 Å². The molecule has 0 radical (unpaired) electrons. The Kier molecular flexibility index (Phi) is 5.44. The van der Waals surface area contributed by atoms with Crippen molar-refractivity contribution < 1.29 is 32.6 Å². The van der Waals surface area contributed by atoms with Gasteiger partial charge in [-0.3, -0.25) is 9.59 Å². The molecule has 0 N–H and O–H groups in total. The molecule has 7 heteroatoms. The molecule has 3 rings (SSSR count). The molecule has 1 aliphatic heterocycles. The SMILES string of the molecule is CCOc1c(F)cc(OCC2(C3CCCC3)CC(=O)CC(=O)O2)cc1F. The number of ether oxygens (including phenoxy) is 3. The van der Waals surface area contributed by atoms with Crippen LogP contribution in [0.3, 0.4) is 0 Å². The van der Waals surface area contributed by atoms with Crippen molar-refractivity contribution in [1.82, 2.24) is 0 Å². The number of hydrogen-bond donors (Lipinski definition) is 0. The van der Waals surface area contributed by atoms with Crippen molar-refractivity contribution in [3.63, 3.8) is 0 Å². The predicted octanol–water partition coefficient (Wildman–Crippen LogP) is 3.58. The molecule has 2 fully saturated rings. The second kappa shape index (κ2) is 7.60. The minimum Gasteiger partial charge on any atom is -0.489 e. The van der Waals surface area contributed by atoms with E-state index < -0.39 is 29.0 Å². The lowest BCUT2D eigenvalue weighted by Gasteiger charge is -2.40. The molecule has 1 aliphatic carbocycles. The number of rotatable bonds is 6. The number of ketones is 1. The molecule has 142 valence electrons. The number of carbonyl (C=O) groups excluding carboxylic acids is 2. The first kappa shape index (κ1) is 18.6. The standard InChI is InChI=1S/C19H22F2O5/c1-2-24-18-15(20)8-14(9-16(18)21)25-11-19(12-5-3-4-6-12)10-13(22)7-17(23)26-19/h8-9,12H,2-7,10-11H2,1H3. The molecule has 1 heterocycles. The van der Waals surface area contributed by atoms with E-state index in [4.69, 9.17) is 14.2 Å². The molecule has 1 saturated carbocycles. The zero-order valence-corrected chi connectivity index (χ0v) is 14.7. The van der Waals surface area contributed by atoms with Crippen LogP contribution in [0.15, 0.2) is 12.1 Å². The summed E-state index contributed by atoms with van der Waals surface area (Å²) in [5.74, 6) is -2.98. The summed E-state index contributed by atoms with van der Waals surface area (Å²) in [5, 5.41) is 0. The lowest BCUT2D eigenvalue weighted by molar-refractivity contribution is -0.182. The van der Waals surface area contributed by atoms with Crippen molar-refractivity contribution in [2.24, 2.45) is 5.92 Å². The van der Waals surface area contributed by atoms with Crippen LogP contribution in [0.2, 0.25) is 0 Å². The molecule has 26 heavy (non-hydrogen) atoms. The number of Topliss-reactive ketones (excluding diaryl/α,β-unsaturated/α-hetero) is 1. The summed E-state index contributed by atoms with van der Waals surface area (Å²) in [7, 11) is 0. The predicted molar refractivity (Wildman–Crippen MR) is 88.0 cm³/mol. The van der Waals surface area contributed by atoms with Crippen molar-refractivity contribution in [3.8, 4) is 11.5 Å². The maximum atomic E-state index is 14.0. The summed E-state index contributed by atoms with van der Waals surface area (Å²) in [5.41, 5.74) is -1.06. The topological polar surface area (TPSA) is 61.8 Å². The Morgan fingerprint density at radius 1 is 1.15 bits per heavy atom. The van der Waals surface area contributed by atoms with Crippen molar-refractivity contribution in [3.05, 3.63) is 23.8 Å². The highest BCUT2D eigenvalue weighted by atomic mass is 19.1. The van der Waals surface area contributed by atoms with Crippen LogP contribution in [-0.4, -0.2) is 30.6 Å².